The second kappa shape index (κ2) is 6.27. The molecule has 0 aromatic heterocycles. The predicted molar refractivity (Wildman–Crippen MR) is 80.9 cm³/mol. The summed E-state index contributed by atoms with van der Waals surface area (Å²) in [6.07, 6.45) is 2.78. The van der Waals surface area contributed by atoms with E-state index < -0.39 is 6.04 Å². The van der Waals surface area contributed by atoms with Crippen molar-refractivity contribution in [2.45, 2.75) is 45.2 Å². The van der Waals surface area contributed by atoms with Gasteiger partial charge < -0.3 is 15.4 Å². The van der Waals surface area contributed by atoms with Gasteiger partial charge in [0.1, 0.15) is 6.04 Å². The van der Waals surface area contributed by atoms with Crippen LogP contribution < -0.4 is 10.6 Å². The number of nitrogens with two attached hydrogens (primary N) is 1. The van der Waals surface area contributed by atoms with Crippen molar-refractivity contribution in [3.05, 3.63) is 29.3 Å². The Morgan fingerprint density at radius 3 is 3.00 bits per heavy atom. The van der Waals surface area contributed by atoms with E-state index in [-0.39, 0.29) is 5.97 Å². The molecular weight excluding hydrogens is 252 g/mol. The van der Waals surface area contributed by atoms with Crippen LogP contribution in [0.1, 0.15) is 31.4 Å². The van der Waals surface area contributed by atoms with Gasteiger partial charge in [0.05, 0.1) is 6.61 Å². The quantitative estimate of drug-likeness (QED) is 0.853. The van der Waals surface area contributed by atoms with Crippen LogP contribution in [0.15, 0.2) is 18.2 Å². The van der Waals surface area contributed by atoms with E-state index in [1.165, 1.54) is 11.3 Å². The molecular formula is C16H24N2O2. The molecule has 110 valence electrons. The van der Waals surface area contributed by atoms with E-state index in [2.05, 4.69) is 37.1 Å². The van der Waals surface area contributed by atoms with Crippen molar-refractivity contribution in [2.75, 3.05) is 18.6 Å². The highest BCUT2D eigenvalue weighted by Gasteiger charge is 2.21. The number of esters is 1. The fourth-order valence-electron chi connectivity index (χ4n) is 2.69. The Bertz CT molecular complexity index is 487. The Labute approximate surface area is 120 Å². The van der Waals surface area contributed by atoms with Gasteiger partial charge in [0, 0.05) is 18.8 Å². The average molecular weight is 276 g/mol. The van der Waals surface area contributed by atoms with Crippen LogP contribution in [0.4, 0.5) is 5.69 Å². The minimum atomic E-state index is -0.576. The highest BCUT2D eigenvalue weighted by atomic mass is 16.5. The van der Waals surface area contributed by atoms with E-state index >= 15 is 0 Å². The first-order valence-electron chi connectivity index (χ1n) is 7.29. The van der Waals surface area contributed by atoms with Crippen molar-refractivity contribution < 1.29 is 9.53 Å². The predicted octanol–water partition coefficient (Wildman–Crippen LogP) is 1.89. The fraction of sp³-hybridized carbons (Fsp3) is 0.562. The Hall–Kier alpha value is -1.55. The molecule has 0 saturated carbocycles. The van der Waals surface area contributed by atoms with E-state index in [1.807, 2.05) is 0 Å². The number of nitrogens with zero attached hydrogens (tertiary/aromatic N) is 1. The van der Waals surface area contributed by atoms with Crippen LogP contribution in [0.25, 0.3) is 0 Å². The summed E-state index contributed by atoms with van der Waals surface area (Å²) in [5.74, 6) is -0.323. The smallest absolute Gasteiger partial charge is 0.323 e. The molecule has 4 heteroatoms. The minimum Gasteiger partial charge on any atom is -0.465 e. The highest BCUT2D eigenvalue weighted by Crippen LogP contribution is 2.30. The number of benzene rings is 1. The lowest BCUT2D eigenvalue weighted by Gasteiger charge is -2.34. The van der Waals surface area contributed by atoms with Crippen LogP contribution in [0.3, 0.4) is 0 Å². The van der Waals surface area contributed by atoms with Crippen LogP contribution >= 0.6 is 0 Å². The topological polar surface area (TPSA) is 55.6 Å². The summed E-state index contributed by atoms with van der Waals surface area (Å²) in [6, 6.07) is 6.38. The summed E-state index contributed by atoms with van der Waals surface area (Å²) in [7, 11) is 2.13. The second-order valence-corrected chi connectivity index (χ2v) is 5.52. The molecule has 0 spiro atoms. The van der Waals surface area contributed by atoms with E-state index in [9.17, 15) is 4.79 Å². The molecule has 1 aliphatic heterocycles. The van der Waals surface area contributed by atoms with Gasteiger partial charge in [0.25, 0.3) is 0 Å². The molecule has 1 aromatic carbocycles. The molecule has 2 unspecified atom stereocenters. The summed E-state index contributed by atoms with van der Waals surface area (Å²) >= 11 is 0. The molecule has 4 nitrogen and oxygen atoms in total. The monoisotopic (exact) mass is 276 g/mol. The number of ether oxygens (including phenoxy) is 1. The summed E-state index contributed by atoms with van der Waals surface area (Å²) in [5, 5.41) is 0. The SMILES string of the molecule is CCOC(=O)C(N)Cc1ccc2c(c1)CCC(C)N2C. The normalized spacial score (nSPS) is 19.4. The summed E-state index contributed by atoms with van der Waals surface area (Å²) in [4.78, 5) is 13.9. The molecule has 0 bridgehead atoms. The largest absolute Gasteiger partial charge is 0.465 e. The van der Waals surface area contributed by atoms with Gasteiger partial charge in [0.15, 0.2) is 0 Å². The number of carbonyl (C=O) groups is 1. The van der Waals surface area contributed by atoms with E-state index in [4.69, 9.17) is 10.5 Å². The highest BCUT2D eigenvalue weighted by molar-refractivity contribution is 5.76. The lowest BCUT2D eigenvalue weighted by molar-refractivity contribution is -0.144. The van der Waals surface area contributed by atoms with Crippen LogP contribution in [0.2, 0.25) is 0 Å². The molecule has 0 aliphatic carbocycles. The fourth-order valence-corrected chi connectivity index (χ4v) is 2.69. The van der Waals surface area contributed by atoms with Crippen molar-refractivity contribution in [3.63, 3.8) is 0 Å². The second-order valence-electron chi connectivity index (χ2n) is 5.52. The van der Waals surface area contributed by atoms with Crippen molar-refractivity contribution in [3.8, 4) is 0 Å². The standard InChI is InChI=1S/C16H24N2O2/c1-4-20-16(19)14(17)10-12-6-8-15-13(9-12)7-5-11(2)18(15)3/h6,8-9,11,14H,4-5,7,10,17H2,1-3H3. The third kappa shape index (κ3) is 3.12. The molecule has 0 saturated heterocycles. The number of hydrogen-bond donors (Lipinski definition) is 1. The number of anilines is 1. The summed E-state index contributed by atoms with van der Waals surface area (Å²) in [5.41, 5.74) is 9.62. The van der Waals surface area contributed by atoms with E-state index in [1.54, 1.807) is 6.92 Å². The van der Waals surface area contributed by atoms with Crippen LogP contribution in [0, 0.1) is 0 Å². The first-order chi connectivity index (χ1) is 9.52. The third-order valence-electron chi connectivity index (χ3n) is 4.06. The van der Waals surface area contributed by atoms with Gasteiger partial charge >= 0.3 is 5.97 Å². The molecule has 0 fully saturated rings. The first-order valence-corrected chi connectivity index (χ1v) is 7.29. The van der Waals surface area contributed by atoms with Crippen LogP contribution in [-0.4, -0.2) is 31.7 Å². The average Bonchev–Trinajstić information content (AvgIpc) is 2.43. The molecule has 20 heavy (non-hydrogen) atoms. The zero-order chi connectivity index (χ0) is 14.7. The number of hydrogen-bond acceptors (Lipinski definition) is 4. The van der Waals surface area contributed by atoms with E-state index in [0.717, 1.165) is 18.4 Å². The van der Waals surface area contributed by atoms with Gasteiger partial charge in [-0.2, -0.15) is 0 Å². The lowest BCUT2D eigenvalue weighted by atomic mass is 9.94. The summed E-state index contributed by atoms with van der Waals surface area (Å²) in [6.45, 7) is 4.41. The van der Waals surface area contributed by atoms with Gasteiger partial charge in [-0.25, -0.2) is 0 Å². The maximum Gasteiger partial charge on any atom is 0.323 e. The Morgan fingerprint density at radius 2 is 2.30 bits per heavy atom. The van der Waals surface area contributed by atoms with Crippen molar-refractivity contribution in [1.29, 1.82) is 0 Å². The van der Waals surface area contributed by atoms with Gasteiger partial charge in [-0.1, -0.05) is 12.1 Å². The first kappa shape index (κ1) is 14.9. The zero-order valence-corrected chi connectivity index (χ0v) is 12.6. The number of rotatable bonds is 4. The van der Waals surface area contributed by atoms with Crippen molar-refractivity contribution in [2.24, 2.45) is 5.73 Å². The molecule has 2 N–H and O–H groups in total. The van der Waals surface area contributed by atoms with Gasteiger partial charge in [0.2, 0.25) is 0 Å². The molecule has 2 rings (SSSR count). The van der Waals surface area contributed by atoms with Crippen LogP contribution in [0.5, 0.6) is 0 Å². The van der Waals surface area contributed by atoms with Crippen molar-refractivity contribution in [1.82, 2.24) is 0 Å². The Kier molecular flexibility index (Phi) is 4.65. The Morgan fingerprint density at radius 1 is 1.55 bits per heavy atom. The maximum atomic E-state index is 11.6. The van der Waals surface area contributed by atoms with E-state index in [0.29, 0.717) is 19.1 Å². The van der Waals surface area contributed by atoms with Crippen LogP contribution in [-0.2, 0) is 22.4 Å². The number of fused-ring (bicyclic) bond motifs is 1. The molecule has 2 atom stereocenters. The lowest BCUT2D eigenvalue weighted by Crippen LogP contribution is -2.35. The molecule has 0 radical (unpaired) electrons. The van der Waals surface area contributed by atoms with Gasteiger partial charge in [-0.3, -0.25) is 4.79 Å². The third-order valence-corrected chi connectivity index (χ3v) is 4.06. The van der Waals surface area contributed by atoms with Crippen molar-refractivity contribution >= 4 is 11.7 Å². The van der Waals surface area contributed by atoms with Gasteiger partial charge in [-0.15, -0.1) is 0 Å². The number of aryl methyl sites for hydroxylation is 1. The van der Waals surface area contributed by atoms with Gasteiger partial charge in [-0.05, 0) is 50.3 Å². The minimum absolute atomic E-state index is 0.323. The summed E-state index contributed by atoms with van der Waals surface area (Å²) < 4.78 is 4.95. The molecule has 0 amide bonds. The zero-order valence-electron chi connectivity index (χ0n) is 12.6. The maximum absolute atomic E-state index is 11.6. The Balaban J connectivity index is 2.10. The molecule has 1 heterocycles. The molecule has 1 aromatic rings. The molecule has 1 aliphatic rings. The number of carbonyl (C=O) groups excluding carboxylic acids is 1.